The summed E-state index contributed by atoms with van der Waals surface area (Å²) in [5.41, 5.74) is 0.845. The Morgan fingerprint density at radius 3 is 2.00 bits per heavy atom. The lowest BCUT2D eigenvalue weighted by Crippen LogP contribution is -1.88. The Bertz CT molecular complexity index is 474. The number of thioether (sulfide) groups is 1. The molecule has 24 heavy (non-hydrogen) atoms. The van der Waals surface area contributed by atoms with Gasteiger partial charge in [-0.2, -0.15) is 0 Å². The van der Waals surface area contributed by atoms with Crippen molar-refractivity contribution in [1.82, 2.24) is 0 Å². The average Bonchev–Trinajstić information content (AvgIpc) is 2.54. The van der Waals surface area contributed by atoms with Crippen LogP contribution < -0.4 is 0 Å². The van der Waals surface area contributed by atoms with Gasteiger partial charge in [0.2, 0.25) is 0 Å². The number of hydrogen-bond acceptors (Lipinski definition) is 4. The van der Waals surface area contributed by atoms with Gasteiger partial charge >= 0.3 is 0 Å². The van der Waals surface area contributed by atoms with Gasteiger partial charge in [0.15, 0.2) is 5.12 Å². The maximum absolute atomic E-state index is 10.8. The van der Waals surface area contributed by atoms with Crippen LogP contribution in [0.4, 0.5) is 0 Å². The number of carbonyl (C=O) groups is 1. The molecule has 0 heterocycles. The van der Waals surface area contributed by atoms with Crippen LogP contribution in [0.5, 0.6) is 11.5 Å². The smallest absolute Gasteiger partial charge is 0.185 e. The van der Waals surface area contributed by atoms with Crippen molar-refractivity contribution in [2.45, 2.75) is 77.6 Å². The second kappa shape index (κ2) is 13.2. The van der Waals surface area contributed by atoms with E-state index in [0.717, 1.165) is 30.6 Å². The van der Waals surface area contributed by atoms with Gasteiger partial charge in [-0.25, -0.2) is 0 Å². The molecular weight excluding hydrogens is 320 g/mol. The van der Waals surface area contributed by atoms with Crippen molar-refractivity contribution in [3.05, 3.63) is 23.8 Å². The molecule has 1 aromatic carbocycles. The largest absolute Gasteiger partial charge is 0.508 e. The lowest BCUT2D eigenvalue weighted by Gasteiger charge is -2.05. The van der Waals surface area contributed by atoms with Crippen molar-refractivity contribution in [1.29, 1.82) is 0 Å². The molecule has 0 aromatic heterocycles. The maximum atomic E-state index is 10.8. The summed E-state index contributed by atoms with van der Waals surface area (Å²) in [4.78, 5) is 10.8. The number of rotatable bonds is 13. The molecule has 0 aliphatic carbocycles. The van der Waals surface area contributed by atoms with E-state index in [-0.39, 0.29) is 16.6 Å². The molecule has 0 fully saturated rings. The predicted octanol–water partition coefficient (Wildman–Crippen LogP) is 5.82. The molecule has 0 aliphatic rings. The van der Waals surface area contributed by atoms with Gasteiger partial charge in [-0.15, -0.1) is 0 Å². The molecule has 0 amide bonds. The van der Waals surface area contributed by atoms with E-state index in [0.29, 0.717) is 0 Å². The quantitative estimate of drug-likeness (QED) is 0.347. The SMILES string of the molecule is CC(=O)SCCCCCCCCCCCCc1cc(O)ccc1O. The minimum atomic E-state index is 0.225. The molecule has 2 N–H and O–H groups in total. The van der Waals surface area contributed by atoms with Gasteiger partial charge in [-0.1, -0.05) is 63.1 Å². The van der Waals surface area contributed by atoms with Gasteiger partial charge in [0.05, 0.1) is 0 Å². The minimum absolute atomic E-state index is 0.225. The molecule has 0 bridgehead atoms. The number of aryl methyl sites for hydroxylation is 1. The van der Waals surface area contributed by atoms with Gasteiger partial charge in [0.25, 0.3) is 0 Å². The fourth-order valence-corrected chi connectivity index (χ4v) is 3.46. The summed E-state index contributed by atoms with van der Waals surface area (Å²) in [7, 11) is 0. The van der Waals surface area contributed by atoms with Crippen LogP contribution in [0.2, 0.25) is 0 Å². The van der Waals surface area contributed by atoms with E-state index in [1.54, 1.807) is 19.1 Å². The zero-order chi connectivity index (χ0) is 17.6. The summed E-state index contributed by atoms with van der Waals surface area (Å²) in [6.07, 6.45) is 13.2. The molecule has 0 radical (unpaired) electrons. The molecule has 136 valence electrons. The molecule has 1 aromatic rings. The van der Waals surface area contributed by atoms with Crippen LogP contribution in [0, 0.1) is 0 Å². The van der Waals surface area contributed by atoms with Crippen molar-refractivity contribution in [3.63, 3.8) is 0 Å². The fourth-order valence-electron chi connectivity index (χ4n) is 2.82. The minimum Gasteiger partial charge on any atom is -0.508 e. The van der Waals surface area contributed by atoms with Crippen molar-refractivity contribution < 1.29 is 15.0 Å². The number of benzene rings is 1. The van der Waals surface area contributed by atoms with Crippen LogP contribution >= 0.6 is 11.8 Å². The maximum Gasteiger partial charge on any atom is 0.185 e. The van der Waals surface area contributed by atoms with Crippen LogP contribution in [-0.4, -0.2) is 21.1 Å². The Morgan fingerprint density at radius 2 is 1.42 bits per heavy atom. The molecule has 0 saturated carbocycles. The number of carbonyl (C=O) groups excluding carboxylic acids is 1. The standard InChI is InChI=1S/C20H32O3S/c1-17(21)24-15-11-9-7-5-3-2-4-6-8-10-12-18-16-19(22)13-14-20(18)23/h13-14,16,22-23H,2-12,15H2,1H3. The second-order valence-corrected chi connectivity index (χ2v) is 7.71. The molecule has 0 saturated heterocycles. The third-order valence-electron chi connectivity index (χ3n) is 4.21. The lowest BCUT2D eigenvalue weighted by atomic mass is 10.0. The summed E-state index contributed by atoms with van der Waals surface area (Å²) < 4.78 is 0. The van der Waals surface area contributed by atoms with E-state index in [1.165, 1.54) is 69.2 Å². The van der Waals surface area contributed by atoms with E-state index in [1.807, 2.05) is 0 Å². The van der Waals surface area contributed by atoms with Crippen LogP contribution in [0.15, 0.2) is 18.2 Å². The first-order valence-corrected chi connectivity index (χ1v) is 10.2. The van der Waals surface area contributed by atoms with Crippen molar-refractivity contribution in [3.8, 4) is 11.5 Å². The third-order valence-corrected chi connectivity index (χ3v) is 5.11. The molecule has 0 unspecified atom stereocenters. The highest BCUT2D eigenvalue weighted by Crippen LogP contribution is 2.24. The van der Waals surface area contributed by atoms with E-state index >= 15 is 0 Å². The van der Waals surface area contributed by atoms with E-state index < -0.39 is 0 Å². The lowest BCUT2D eigenvalue weighted by molar-refractivity contribution is -0.109. The summed E-state index contributed by atoms with van der Waals surface area (Å²) in [6.45, 7) is 1.64. The van der Waals surface area contributed by atoms with Crippen molar-refractivity contribution >= 4 is 16.9 Å². The zero-order valence-corrected chi connectivity index (χ0v) is 15.7. The zero-order valence-electron chi connectivity index (χ0n) is 14.9. The van der Waals surface area contributed by atoms with Gasteiger partial charge in [0.1, 0.15) is 11.5 Å². The number of unbranched alkanes of at least 4 members (excludes halogenated alkanes) is 9. The normalized spacial score (nSPS) is 10.9. The van der Waals surface area contributed by atoms with Gasteiger partial charge < -0.3 is 10.2 Å². The Kier molecular flexibility index (Phi) is 11.5. The van der Waals surface area contributed by atoms with E-state index in [2.05, 4.69) is 0 Å². The van der Waals surface area contributed by atoms with Gasteiger partial charge in [0, 0.05) is 12.7 Å². The van der Waals surface area contributed by atoms with Crippen LogP contribution in [-0.2, 0) is 11.2 Å². The second-order valence-electron chi connectivity index (χ2n) is 6.44. The molecule has 4 heteroatoms. The highest BCUT2D eigenvalue weighted by Gasteiger charge is 2.02. The Hall–Kier alpha value is -1.16. The summed E-state index contributed by atoms with van der Waals surface area (Å²) in [5, 5.41) is 19.4. The number of aromatic hydroxyl groups is 2. The summed E-state index contributed by atoms with van der Waals surface area (Å²) in [5.74, 6) is 1.49. The Morgan fingerprint density at radius 1 is 0.875 bits per heavy atom. The van der Waals surface area contributed by atoms with Gasteiger partial charge in [-0.3, -0.25) is 4.79 Å². The number of phenols is 2. The first kappa shape index (κ1) is 20.9. The Labute approximate surface area is 150 Å². The molecule has 0 spiro atoms. The molecule has 3 nitrogen and oxygen atoms in total. The average molecular weight is 353 g/mol. The third kappa shape index (κ3) is 10.6. The highest BCUT2D eigenvalue weighted by molar-refractivity contribution is 8.13. The van der Waals surface area contributed by atoms with Crippen LogP contribution in [0.1, 0.15) is 76.7 Å². The molecule has 1 rings (SSSR count). The highest BCUT2D eigenvalue weighted by atomic mass is 32.2. The van der Waals surface area contributed by atoms with Crippen molar-refractivity contribution in [2.75, 3.05) is 5.75 Å². The summed E-state index contributed by atoms with van der Waals surface area (Å²) in [6, 6.07) is 4.73. The van der Waals surface area contributed by atoms with E-state index in [4.69, 9.17) is 0 Å². The number of hydrogen-bond donors (Lipinski definition) is 2. The predicted molar refractivity (Wildman–Crippen MR) is 103 cm³/mol. The molecular formula is C20H32O3S. The Balaban J connectivity index is 1.87. The van der Waals surface area contributed by atoms with E-state index in [9.17, 15) is 15.0 Å². The monoisotopic (exact) mass is 352 g/mol. The first-order chi connectivity index (χ1) is 11.6. The van der Waals surface area contributed by atoms with Crippen molar-refractivity contribution in [2.24, 2.45) is 0 Å². The first-order valence-electron chi connectivity index (χ1n) is 9.24. The molecule has 0 atom stereocenters. The topological polar surface area (TPSA) is 57.5 Å². The molecule has 0 aliphatic heterocycles. The summed E-state index contributed by atoms with van der Waals surface area (Å²) >= 11 is 1.44. The fraction of sp³-hybridized carbons (Fsp3) is 0.650. The van der Waals surface area contributed by atoms with Crippen LogP contribution in [0.3, 0.4) is 0 Å². The van der Waals surface area contributed by atoms with Gasteiger partial charge in [-0.05, 0) is 43.0 Å². The van der Waals surface area contributed by atoms with Crippen LogP contribution in [0.25, 0.3) is 0 Å². The number of phenolic OH excluding ortho intramolecular Hbond substituents is 2.